The number of ether oxygens (including phenoxy) is 2. The molecule has 0 radical (unpaired) electrons. The Morgan fingerprint density at radius 2 is 0.571 bits per heavy atom. The lowest BCUT2D eigenvalue weighted by Crippen LogP contribution is -1.88. The van der Waals surface area contributed by atoms with Gasteiger partial charge in [0, 0.05) is 11.4 Å². The molecule has 0 saturated heterocycles. The van der Waals surface area contributed by atoms with Gasteiger partial charge in [-0.2, -0.15) is 0 Å². The van der Waals surface area contributed by atoms with Crippen molar-refractivity contribution in [2.45, 2.75) is 41.5 Å². The predicted octanol–water partition coefficient (Wildman–Crippen LogP) is 7.51. The molecule has 0 aromatic heterocycles. The van der Waals surface area contributed by atoms with Crippen molar-refractivity contribution in [1.29, 1.82) is 0 Å². The monoisotopic (exact) mass is 382 g/mol. The largest absolute Gasteiger partial charge is 0.457 e. The average Bonchev–Trinajstić information content (AvgIpc) is 2.77. The molecule has 0 aliphatic rings. The molecular formula is C24H34N2O2. The van der Waals surface area contributed by atoms with Crippen molar-refractivity contribution in [3.05, 3.63) is 72.8 Å². The predicted molar refractivity (Wildman–Crippen MR) is 122 cm³/mol. The zero-order chi connectivity index (χ0) is 21.4. The molecule has 4 N–H and O–H groups in total. The molecule has 4 heteroatoms. The molecule has 0 spiro atoms. The number of nitrogens with two attached hydrogens (primary N) is 2. The molecule has 4 nitrogen and oxygen atoms in total. The first-order valence-corrected chi connectivity index (χ1v) is 9.86. The van der Waals surface area contributed by atoms with Crippen LogP contribution in [0, 0.1) is 0 Å². The van der Waals surface area contributed by atoms with Gasteiger partial charge in [0.15, 0.2) is 0 Å². The first kappa shape index (κ1) is 24.9. The first-order chi connectivity index (χ1) is 13.7. The van der Waals surface area contributed by atoms with Crippen LogP contribution in [0.15, 0.2) is 72.8 Å². The van der Waals surface area contributed by atoms with E-state index in [4.69, 9.17) is 20.9 Å². The van der Waals surface area contributed by atoms with Gasteiger partial charge in [0.2, 0.25) is 0 Å². The Labute approximate surface area is 170 Å². The Morgan fingerprint density at radius 1 is 0.393 bits per heavy atom. The van der Waals surface area contributed by atoms with Crippen LogP contribution in [-0.4, -0.2) is 0 Å². The molecule has 0 unspecified atom stereocenters. The summed E-state index contributed by atoms with van der Waals surface area (Å²) < 4.78 is 11.5. The Bertz CT molecular complexity index is 671. The second-order valence-corrected chi connectivity index (χ2v) is 4.81. The molecule has 0 aliphatic heterocycles. The fourth-order valence-electron chi connectivity index (χ4n) is 1.92. The summed E-state index contributed by atoms with van der Waals surface area (Å²) in [6, 6.07) is 21.9. The maximum atomic E-state index is 5.73. The molecule has 0 bridgehead atoms. The van der Waals surface area contributed by atoms with E-state index >= 15 is 0 Å². The Morgan fingerprint density at radius 3 is 0.786 bits per heavy atom. The molecule has 0 saturated carbocycles. The van der Waals surface area contributed by atoms with Crippen molar-refractivity contribution in [3.8, 4) is 23.0 Å². The number of nitrogen functional groups attached to an aromatic ring is 2. The average molecular weight is 383 g/mol. The second-order valence-electron chi connectivity index (χ2n) is 4.81. The highest BCUT2D eigenvalue weighted by Crippen LogP contribution is 2.27. The normalized spacial score (nSPS) is 8.64. The Hall–Kier alpha value is -3.14. The summed E-state index contributed by atoms with van der Waals surface area (Å²) in [4.78, 5) is 0. The minimum Gasteiger partial charge on any atom is -0.457 e. The van der Waals surface area contributed by atoms with Gasteiger partial charge in [-0.3, -0.25) is 0 Å². The smallest absolute Gasteiger partial charge is 0.127 e. The summed E-state index contributed by atoms with van der Waals surface area (Å²) in [5.74, 6) is 2.94. The van der Waals surface area contributed by atoms with Gasteiger partial charge in [-0.1, -0.05) is 41.5 Å². The van der Waals surface area contributed by atoms with Gasteiger partial charge in [0.05, 0.1) is 0 Å². The van der Waals surface area contributed by atoms with Crippen LogP contribution in [0.3, 0.4) is 0 Å². The summed E-state index contributed by atoms with van der Waals surface area (Å²) >= 11 is 0. The molecule has 152 valence electrons. The molecule has 0 amide bonds. The van der Waals surface area contributed by atoms with E-state index in [-0.39, 0.29) is 0 Å². The molecule has 0 aliphatic carbocycles. The molecule has 0 fully saturated rings. The van der Waals surface area contributed by atoms with Crippen molar-refractivity contribution in [2.75, 3.05) is 11.5 Å². The van der Waals surface area contributed by atoms with Crippen molar-refractivity contribution in [2.24, 2.45) is 0 Å². The zero-order valence-corrected chi connectivity index (χ0v) is 17.9. The Kier molecular flexibility index (Phi) is 13.3. The summed E-state index contributed by atoms with van der Waals surface area (Å²) in [6.45, 7) is 12.0. The number of benzene rings is 3. The highest BCUT2D eigenvalue weighted by Gasteiger charge is 2.00. The third-order valence-corrected chi connectivity index (χ3v) is 3.06. The van der Waals surface area contributed by atoms with Crippen LogP contribution in [0.1, 0.15) is 41.5 Å². The Balaban J connectivity index is 0.00000111. The number of hydrogen-bond donors (Lipinski definition) is 2. The van der Waals surface area contributed by atoms with E-state index in [2.05, 4.69) is 0 Å². The van der Waals surface area contributed by atoms with Gasteiger partial charge in [-0.25, -0.2) is 0 Å². The van der Waals surface area contributed by atoms with Gasteiger partial charge < -0.3 is 20.9 Å². The minimum absolute atomic E-state index is 0.708. The van der Waals surface area contributed by atoms with E-state index in [1.165, 1.54) is 0 Å². The fraction of sp³-hybridized carbons (Fsp3) is 0.250. The molecular weight excluding hydrogens is 348 g/mol. The van der Waals surface area contributed by atoms with Crippen LogP contribution in [-0.2, 0) is 0 Å². The quantitative estimate of drug-likeness (QED) is 0.458. The van der Waals surface area contributed by atoms with Crippen LogP contribution in [0.2, 0.25) is 0 Å². The number of rotatable bonds is 4. The van der Waals surface area contributed by atoms with E-state index in [1.807, 2.05) is 90.1 Å². The first-order valence-electron chi connectivity index (χ1n) is 9.86. The van der Waals surface area contributed by atoms with E-state index in [1.54, 1.807) is 24.3 Å². The van der Waals surface area contributed by atoms with Crippen LogP contribution < -0.4 is 20.9 Å². The molecule has 28 heavy (non-hydrogen) atoms. The van der Waals surface area contributed by atoms with Crippen LogP contribution in [0.5, 0.6) is 23.0 Å². The van der Waals surface area contributed by atoms with Crippen LogP contribution in [0.4, 0.5) is 11.4 Å². The maximum absolute atomic E-state index is 5.73. The van der Waals surface area contributed by atoms with Gasteiger partial charge >= 0.3 is 0 Å². The van der Waals surface area contributed by atoms with Crippen molar-refractivity contribution in [3.63, 3.8) is 0 Å². The van der Waals surface area contributed by atoms with Gasteiger partial charge in [-0.05, 0) is 72.8 Å². The SMILES string of the molecule is CC.CC.CC.Nc1ccc(Oc2ccc(Oc3ccc(N)cc3)cc2)cc1. The zero-order valence-electron chi connectivity index (χ0n) is 17.9. The fourth-order valence-corrected chi connectivity index (χ4v) is 1.92. The van der Waals surface area contributed by atoms with E-state index in [9.17, 15) is 0 Å². The van der Waals surface area contributed by atoms with E-state index in [0.29, 0.717) is 11.4 Å². The van der Waals surface area contributed by atoms with Gasteiger partial charge in [-0.15, -0.1) is 0 Å². The third kappa shape index (κ3) is 8.99. The van der Waals surface area contributed by atoms with Crippen molar-refractivity contribution in [1.82, 2.24) is 0 Å². The lowest BCUT2D eigenvalue weighted by molar-refractivity contribution is 0.469. The second kappa shape index (κ2) is 15.0. The van der Waals surface area contributed by atoms with Gasteiger partial charge in [0.1, 0.15) is 23.0 Å². The van der Waals surface area contributed by atoms with Crippen molar-refractivity contribution < 1.29 is 9.47 Å². The summed E-state index contributed by atoms with van der Waals surface area (Å²) in [5.41, 5.74) is 12.7. The van der Waals surface area contributed by atoms with Crippen LogP contribution in [0.25, 0.3) is 0 Å². The third-order valence-electron chi connectivity index (χ3n) is 3.06. The molecule has 3 aromatic carbocycles. The summed E-state index contributed by atoms with van der Waals surface area (Å²) in [7, 11) is 0. The highest BCUT2D eigenvalue weighted by molar-refractivity contribution is 5.45. The molecule has 0 heterocycles. The minimum atomic E-state index is 0.708. The van der Waals surface area contributed by atoms with E-state index in [0.717, 1.165) is 23.0 Å². The number of hydrogen-bond acceptors (Lipinski definition) is 4. The lowest BCUT2D eigenvalue weighted by atomic mass is 10.3. The molecule has 3 rings (SSSR count). The standard InChI is InChI=1S/C18H16N2O2.3C2H6/c19-13-1-5-15(6-2-13)21-17-9-11-18(12-10-17)22-16-7-3-14(20)4-8-16;3*1-2/h1-12H,19-20H2;3*1-2H3. The molecule has 3 aromatic rings. The van der Waals surface area contributed by atoms with Crippen molar-refractivity contribution >= 4 is 11.4 Å². The summed E-state index contributed by atoms with van der Waals surface area (Å²) in [6.07, 6.45) is 0. The molecule has 0 atom stereocenters. The van der Waals surface area contributed by atoms with Crippen LogP contribution >= 0.6 is 0 Å². The number of anilines is 2. The van der Waals surface area contributed by atoms with Gasteiger partial charge in [0.25, 0.3) is 0 Å². The summed E-state index contributed by atoms with van der Waals surface area (Å²) in [5, 5.41) is 0. The van der Waals surface area contributed by atoms with E-state index < -0.39 is 0 Å². The lowest BCUT2D eigenvalue weighted by Gasteiger charge is -2.08. The maximum Gasteiger partial charge on any atom is 0.127 e. The highest BCUT2D eigenvalue weighted by atomic mass is 16.5. The topological polar surface area (TPSA) is 70.5 Å².